The molecule has 1 atom stereocenters. The van der Waals surface area contributed by atoms with E-state index in [0.29, 0.717) is 23.7 Å². The number of aliphatic hydroxyl groups excluding tert-OH is 1. The second-order valence-corrected chi connectivity index (χ2v) is 5.96. The Kier molecular flexibility index (Phi) is 5.77. The van der Waals surface area contributed by atoms with Crippen LogP contribution in [0, 0.1) is 0 Å². The molecule has 8 heteroatoms. The number of H-pyrrole nitrogens is 1. The molecule has 8 nitrogen and oxygen atoms in total. The summed E-state index contributed by atoms with van der Waals surface area (Å²) in [7, 11) is 1.51. The summed E-state index contributed by atoms with van der Waals surface area (Å²) in [4.78, 5) is 34.8. The van der Waals surface area contributed by atoms with E-state index in [9.17, 15) is 14.7 Å². The van der Waals surface area contributed by atoms with E-state index < -0.39 is 6.10 Å². The zero-order valence-corrected chi connectivity index (χ0v) is 14.8. The number of hydrogen-bond acceptors (Lipinski definition) is 6. The smallest absolute Gasteiger partial charge is 0.248 e. The first-order valence-electron chi connectivity index (χ1n) is 8.50. The molecule has 0 saturated carbocycles. The number of nitrogens with one attached hydrogen (secondary N) is 2. The molecule has 0 aliphatic heterocycles. The highest BCUT2D eigenvalue weighted by atomic mass is 16.5. The summed E-state index contributed by atoms with van der Waals surface area (Å²) in [6.45, 7) is -0.000674. The van der Waals surface area contributed by atoms with Crippen molar-refractivity contribution >= 4 is 16.9 Å². The van der Waals surface area contributed by atoms with Gasteiger partial charge in [0, 0.05) is 31.1 Å². The number of aromatic nitrogens is 3. The lowest BCUT2D eigenvalue weighted by atomic mass is 10.2. The van der Waals surface area contributed by atoms with Gasteiger partial charge < -0.3 is 20.1 Å². The van der Waals surface area contributed by atoms with Crippen molar-refractivity contribution in [1.82, 2.24) is 20.3 Å². The van der Waals surface area contributed by atoms with Gasteiger partial charge in [0.15, 0.2) is 0 Å². The molecule has 0 aliphatic rings. The van der Waals surface area contributed by atoms with E-state index in [1.54, 1.807) is 12.1 Å². The molecule has 27 heavy (non-hydrogen) atoms. The first-order chi connectivity index (χ1) is 13.1. The molecular weight excluding hydrogens is 348 g/mol. The highest BCUT2D eigenvalue weighted by Crippen LogP contribution is 2.19. The van der Waals surface area contributed by atoms with Gasteiger partial charge >= 0.3 is 0 Å². The number of amides is 1. The summed E-state index contributed by atoms with van der Waals surface area (Å²) >= 11 is 0. The van der Waals surface area contributed by atoms with Gasteiger partial charge in [0.25, 0.3) is 0 Å². The molecule has 3 aromatic rings. The van der Waals surface area contributed by atoms with E-state index in [-0.39, 0.29) is 24.4 Å². The Morgan fingerprint density at radius 2 is 1.93 bits per heavy atom. The molecule has 1 unspecified atom stereocenters. The Hall–Kier alpha value is -3.26. The Morgan fingerprint density at radius 1 is 1.19 bits per heavy atom. The number of ether oxygens (including phenoxy) is 1. The van der Waals surface area contributed by atoms with Crippen LogP contribution in [-0.4, -0.2) is 39.6 Å². The van der Waals surface area contributed by atoms with Crippen LogP contribution in [0.3, 0.4) is 0 Å². The molecule has 3 N–H and O–H groups in total. The van der Waals surface area contributed by atoms with Crippen molar-refractivity contribution in [1.29, 1.82) is 0 Å². The fourth-order valence-electron chi connectivity index (χ4n) is 2.65. The van der Waals surface area contributed by atoms with Crippen LogP contribution in [0.15, 0.2) is 47.3 Å². The van der Waals surface area contributed by atoms with Crippen molar-refractivity contribution in [2.24, 2.45) is 0 Å². The summed E-state index contributed by atoms with van der Waals surface area (Å²) in [5.74, 6) is 0.146. The maximum Gasteiger partial charge on any atom is 0.248 e. The van der Waals surface area contributed by atoms with Gasteiger partial charge in [0.2, 0.25) is 17.3 Å². The quantitative estimate of drug-likeness (QED) is 0.575. The molecule has 2 heterocycles. The van der Waals surface area contributed by atoms with Gasteiger partial charge in [0.05, 0.1) is 18.1 Å². The van der Waals surface area contributed by atoms with Crippen LogP contribution in [0.4, 0.5) is 0 Å². The molecule has 3 rings (SSSR count). The van der Waals surface area contributed by atoms with E-state index in [1.165, 1.54) is 13.2 Å². The maximum absolute atomic E-state index is 12.1. The zero-order valence-electron chi connectivity index (χ0n) is 14.8. The topological polar surface area (TPSA) is 117 Å². The molecule has 2 aromatic heterocycles. The summed E-state index contributed by atoms with van der Waals surface area (Å²) in [5.41, 5.74) is 2.10. The number of nitrogens with zero attached hydrogens (tertiary/aromatic N) is 2. The standard InChI is InChI=1S/C19H20N4O4/c1-27-19-15(21-12-5-2-3-6-13(12)23-19)9-10-17(25)20-11-16(24)14-7-4-8-18(26)22-14/h2-8,16,24H,9-11H2,1H3,(H,20,25)(H,22,26). The number of carbonyl (C=O) groups is 1. The molecule has 140 valence electrons. The Balaban J connectivity index is 1.59. The number of aromatic amines is 1. The van der Waals surface area contributed by atoms with Crippen LogP contribution in [0.2, 0.25) is 0 Å². The summed E-state index contributed by atoms with van der Waals surface area (Å²) in [5, 5.41) is 12.7. The fourth-order valence-corrected chi connectivity index (χ4v) is 2.65. The second-order valence-electron chi connectivity index (χ2n) is 5.96. The number of pyridine rings is 1. The minimum absolute atomic E-state index is 0.000674. The Bertz CT molecular complexity index is 1000. The van der Waals surface area contributed by atoms with Crippen LogP contribution in [0.25, 0.3) is 11.0 Å². The second kappa shape index (κ2) is 8.41. The third kappa shape index (κ3) is 4.68. The van der Waals surface area contributed by atoms with Gasteiger partial charge in [-0.15, -0.1) is 0 Å². The molecule has 0 spiro atoms. The normalized spacial score (nSPS) is 11.9. The fraction of sp³-hybridized carbons (Fsp3) is 0.263. The minimum Gasteiger partial charge on any atom is -0.480 e. The van der Waals surface area contributed by atoms with E-state index in [2.05, 4.69) is 20.3 Å². The van der Waals surface area contributed by atoms with E-state index in [4.69, 9.17) is 4.74 Å². The number of carbonyl (C=O) groups excluding carboxylic acids is 1. The largest absolute Gasteiger partial charge is 0.480 e. The molecule has 0 aliphatic carbocycles. The lowest BCUT2D eigenvalue weighted by Crippen LogP contribution is -2.29. The monoisotopic (exact) mass is 368 g/mol. The van der Waals surface area contributed by atoms with Gasteiger partial charge in [0.1, 0.15) is 11.8 Å². The lowest BCUT2D eigenvalue weighted by Gasteiger charge is -2.12. The molecule has 1 aromatic carbocycles. The van der Waals surface area contributed by atoms with Gasteiger partial charge in [-0.25, -0.2) is 9.97 Å². The van der Waals surface area contributed by atoms with Crippen LogP contribution in [0.5, 0.6) is 5.88 Å². The molecule has 0 saturated heterocycles. The molecular formula is C19H20N4O4. The highest BCUT2D eigenvalue weighted by Gasteiger charge is 2.13. The third-order valence-corrected chi connectivity index (χ3v) is 4.03. The van der Waals surface area contributed by atoms with Crippen LogP contribution in [-0.2, 0) is 11.2 Å². The number of fused-ring (bicyclic) bond motifs is 1. The van der Waals surface area contributed by atoms with Crippen molar-refractivity contribution < 1.29 is 14.6 Å². The summed E-state index contributed by atoms with van der Waals surface area (Å²) in [6.07, 6.45) is -0.468. The van der Waals surface area contributed by atoms with Gasteiger partial charge in [-0.05, 0) is 18.2 Å². The number of hydrogen-bond donors (Lipinski definition) is 3. The van der Waals surface area contributed by atoms with Crippen LogP contribution >= 0.6 is 0 Å². The first kappa shape index (κ1) is 18.5. The third-order valence-electron chi connectivity index (χ3n) is 4.03. The number of para-hydroxylation sites is 2. The van der Waals surface area contributed by atoms with Gasteiger partial charge in [-0.2, -0.15) is 0 Å². The molecule has 0 radical (unpaired) electrons. The SMILES string of the molecule is COc1nc2ccccc2nc1CCC(=O)NCC(O)c1cccc(=O)[nH]1. The van der Waals surface area contributed by atoms with E-state index >= 15 is 0 Å². The van der Waals surface area contributed by atoms with Crippen molar-refractivity contribution in [3.05, 3.63) is 64.2 Å². The minimum atomic E-state index is -0.988. The van der Waals surface area contributed by atoms with Crippen molar-refractivity contribution in [3.63, 3.8) is 0 Å². The average Bonchev–Trinajstić information content (AvgIpc) is 2.69. The Labute approximate surface area is 155 Å². The summed E-state index contributed by atoms with van der Waals surface area (Å²) < 4.78 is 5.27. The molecule has 0 fully saturated rings. The van der Waals surface area contributed by atoms with Crippen molar-refractivity contribution in [3.8, 4) is 5.88 Å². The predicted molar refractivity (Wildman–Crippen MR) is 99.4 cm³/mol. The first-order valence-corrected chi connectivity index (χ1v) is 8.50. The highest BCUT2D eigenvalue weighted by molar-refractivity contribution is 5.77. The Morgan fingerprint density at radius 3 is 2.63 bits per heavy atom. The van der Waals surface area contributed by atoms with Crippen molar-refractivity contribution in [2.45, 2.75) is 18.9 Å². The predicted octanol–water partition coefficient (Wildman–Crippen LogP) is 1.11. The summed E-state index contributed by atoms with van der Waals surface area (Å²) in [6, 6.07) is 11.9. The van der Waals surface area contributed by atoms with E-state index in [1.807, 2.05) is 24.3 Å². The number of aliphatic hydroxyl groups is 1. The number of methoxy groups -OCH3 is 1. The zero-order chi connectivity index (χ0) is 19.2. The van der Waals surface area contributed by atoms with Crippen LogP contribution in [0.1, 0.15) is 23.9 Å². The van der Waals surface area contributed by atoms with Gasteiger partial charge in [-0.1, -0.05) is 18.2 Å². The lowest BCUT2D eigenvalue weighted by molar-refractivity contribution is -0.121. The number of benzene rings is 1. The van der Waals surface area contributed by atoms with Crippen LogP contribution < -0.4 is 15.6 Å². The number of aryl methyl sites for hydroxylation is 1. The average molecular weight is 368 g/mol. The van der Waals surface area contributed by atoms with Gasteiger partial charge in [-0.3, -0.25) is 9.59 Å². The number of rotatable bonds is 7. The van der Waals surface area contributed by atoms with Crippen molar-refractivity contribution in [2.75, 3.05) is 13.7 Å². The molecule has 0 bridgehead atoms. The molecule has 1 amide bonds. The maximum atomic E-state index is 12.1. The van der Waals surface area contributed by atoms with E-state index in [0.717, 1.165) is 11.0 Å².